The molecule has 3 fully saturated rings. The third-order valence-electron chi connectivity index (χ3n) is 6.35. The van der Waals surface area contributed by atoms with Crippen LogP contribution in [0.3, 0.4) is 0 Å². The number of rotatable bonds is 5. The molecule has 20 heavy (non-hydrogen) atoms. The van der Waals surface area contributed by atoms with Gasteiger partial charge in [-0.1, -0.05) is 13.0 Å². The van der Waals surface area contributed by atoms with Crippen molar-refractivity contribution in [1.29, 1.82) is 0 Å². The van der Waals surface area contributed by atoms with Gasteiger partial charge >= 0.3 is 0 Å². The Kier molecular flexibility index (Phi) is 3.10. The molecule has 3 saturated carbocycles. The number of hydrogen-bond donors (Lipinski definition) is 1. The zero-order valence-electron chi connectivity index (χ0n) is 12.7. The number of nitrogens with zero attached hydrogens (tertiary/aromatic N) is 1. The van der Waals surface area contributed by atoms with Gasteiger partial charge in [0.05, 0.1) is 0 Å². The van der Waals surface area contributed by atoms with Crippen LogP contribution in [0, 0.1) is 29.6 Å². The average Bonchev–Trinajstić information content (AvgIpc) is 2.91. The van der Waals surface area contributed by atoms with Crippen LogP contribution in [-0.4, -0.2) is 18.1 Å². The highest BCUT2D eigenvalue weighted by molar-refractivity contribution is 5.19. The molecule has 0 spiro atoms. The minimum atomic E-state index is 0.647. The largest absolute Gasteiger partial charge is 0.316 e. The van der Waals surface area contributed by atoms with E-state index in [1.54, 1.807) is 6.42 Å². The Bertz CT molecular complexity index is 465. The maximum absolute atomic E-state index is 4.66. The monoisotopic (exact) mass is 270 g/mol. The van der Waals surface area contributed by atoms with Crippen LogP contribution in [0.2, 0.25) is 0 Å². The van der Waals surface area contributed by atoms with E-state index in [1.165, 1.54) is 24.1 Å². The molecule has 0 aromatic carbocycles. The molecule has 1 aromatic heterocycles. The Morgan fingerprint density at radius 2 is 2.00 bits per heavy atom. The van der Waals surface area contributed by atoms with Gasteiger partial charge in [-0.15, -0.1) is 0 Å². The number of aromatic nitrogens is 1. The van der Waals surface area contributed by atoms with Crippen molar-refractivity contribution in [3.8, 4) is 0 Å². The van der Waals surface area contributed by atoms with Crippen molar-refractivity contribution in [3.63, 3.8) is 0 Å². The molecule has 0 amide bonds. The minimum absolute atomic E-state index is 0.647. The van der Waals surface area contributed by atoms with Crippen molar-refractivity contribution in [3.05, 3.63) is 29.6 Å². The number of fused-ring (bicyclic) bond motifs is 5. The first kappa shape index (κ1) is 12.8. The Morgan fingerprint density at radius 1 is 1.25 bits per heavy atom. The Labute approximate surface area is 122 Å². The maximum atomic E-state index is 4.66. The van der Waals surface area contributed by atoms with E-state index in [2.05, 4.69) is 42.6 Å². The van der Waals surface area contributed by atoms with E-state index in [9.17, 15) is 0 Å². The standard InChI is InChI=1S/C18H26N2/c1-3-11-4-7-14(20-10-11)9-15(19-2)18-16-12-5-6-13(8-12)17(16)18/h4,7,10,12-13,15-19H,3,5-6,8-9H2,1-2H3. The predicted octanol–water partition coefficient (Wildman–Crippen LogP) is 3.07. The van der Waals surface area contributed by atoms with Gasteiger partial charge in [0.1, 0.15) is 0 Å². The molecule has 1 N–H and O–H groups in total. The second-order valence-electron chi connectivity index (χ2n) is 7.18. The topological polar surface area (TPSA) is 24.9 Å². The Hall–Kier alpha value is -0.890. The maximum Gasteiger partial charge on any atom is 0.0419 e. The van der Waals surface area contributed by atoms with Crippen LogP contribution >= 0.6 is 0 Å². The molecule has 3 aliphatic rings. The molecule has 4 rings (SSSR count). The zero-order valence-corrected chi connectivity index (χ0v) is 12.7. The van der Waals surface area contributed by atoms with Gasteiger partial charge in [-0.2, -0.15) is 0 Å². The molecule has 2 heteroatoms. The molecule has 1 aromatic rings. The lowest BCUT2D eigenvalue weighted by Gasteiger charge is -2.19. The third kappa shape index (κ3) is 1.92. The van der Waals surface area contributed by atoms with Crippen LogP contribution in [0.15, 0.2) is 18.3 Å². The first-order chi connectivity index (χ1) is 9.81. The molecule has 0 saturated heterocycles. The van der Waals surface area contributed by atoms with Crippen molar-refractivity contribution in [2.24, 2.45) is 29.6 Å². The normalized spacial score (nSPS) is 38.8. The number of likely N-dealkylation sites (N-methyl/N-ethyl adjacent to an activating group) is 1. The summed E-state index contributed by atoms with van der Waals surface area (Å²) in [5, 5.41) is 3.60. The van der Waals surface area contributed by atoms with Crippen molar-refractivity contribution in [1.82, 2.24) is 10.3 Å². The van der Waals surface area contributed by atoms with Gasteiger partial charge in [0.2, 0.25) is 0 Å². The minimum Gasteiger partial charge on any atom is -0.316 e. The quantitative estimate of drug-likeness (QED) is 0.889. The van der Waals surface area contributed by atoms with Crippen molar-refractivity contribution < 1.29 is 0 Å². The van der Waals surface area contributed by atoms with Gasteiger partial charge in [0.25, 0.3) is 0 Å². The van der Waals surface area contributed by atoms with Crippen molar-refractivity contribution in [2.45, 2.75) is 45.1 Å². The molecule has 108 valence electrons. The molecule has 2 nitrogen and oxygen atoms in total. The molecule has 5 unspecified atom stereocenters. The summed E-state index contributed by atoms with van der Waals surface area (Å²) in [6, 6.07) is 5.12. The Morgan fingerprint density at radius 3 is 2.55 bits per heavy atom. The van der Waals surface area contributed by atoms with Gasteiger partial charge < -0.3 is 5.32 Å². The lowest BCUT2D eigenvalue weighted by molar-refractivity contribution is 0.375. The van der Waals surface area contributed by atoms with E-state index < -0.39 is 0 Å². The molecule has 0 radical (unpaired) electrons. The number of aryl methyl sites for hydroxylation is 1. The van der Waals surface area contributed by atoms with E-state index in [0.717, 1.165) is 42.4 Å². The van der Waals surface area contributed by atoms with Crippen molar-refractivity contribution >= 4 is 0 Å². The number of nitrogens with one attached hydrogen (secondary N) is 1. The van der Waals surface area contributed by atoms with Crippen LogP contribution < -0.4 is 5.32 Å². The highest BCUT2D eigenvalue weighted by Crippen LogP contribution is 2.70. The molecular formula is C18H26N2. The predicted molar refractivity (Wildman–Crippen MR) is 81.5 cm³/mol. The molecule has 5 atom stereocenters. The first-order valence-electron chi connectivity index (χ1n) is 8.43. The average molecular weight is 270 g/mol. The van der Waals surface area contributed by atoms with E-state index in [1.807, 2.05) is 0 Å². The summed E-state index contributed by atoms with van der Waals surface area (Å²) < 4.78 is 0. The van der Waals surface area contributed by atoms with Crippen molar-refractivity contribution in [2.75, 3.05) is 7.05 Å². The van der Waals surface area contributed by atoms with Crippen LogP contribution in [0.25, 0.3) is 0 Å². The van der Waals surface area contributed by atoms with Gasteiger partial charge in [-0.3, -0.25) is 4.98 Å². The molecule has 1 heterocycles. The van der Waals surface area contributed by atoms with Crippen LogP contribution in [-0.2, 0) is 12.8 Å². The van der Waals surface area contributed by atoms with E-state index >= 15 is 0 Å². The van der Waals surface area contributed by atoms with E-state index in [0.29, 0.717) is 6.04 Å². The van der Waals surface area contributed by atoms with Crippen LogP contribution in [0.4, 0.5) is 0 Å². The summed E-state index contributed by atoms with van der Waals surface area (Å²) >= 11 is 0. The fourth-order valence-electron chi connectivity index (χ4n) is 5.37. The summed E-state index contributed by atoms with van der Waals surface area (Å²) in [5.41, 5.74) is 2.61. The third-order valence-corrected chi connectivity index (χ3v) is 6.35. The second kappa shape index (κ2) is 4.84. The number of pyridine rings is 1. The summed E-state index contributed by atoms with van der Waals surface area (Å²) in [6.45, 7) is 2.19. The molecule has 0 aliphatic heterocycles. The zero-order chi connectivity index (χ0) is 13.7. The lowest BCUT2D eigenvalue weighted by atomic mass is 9.94. The van der Waals surface area contributed by atoms with Gasteiger partial charge in [-0.25, -0.2) is 0 Å². The summed E-state index contributed by atoms with van der Waals surface area (Å²) in [5.74, 6) is 5.20. The van der Waals surface area contributed by atoms with Gasteiger partial charge in [-0.05, 0) is 74.0 Å². The van der Waals surface area contributed by atoms with Gasteiger partial charge in [0, 0.05) is 24.4 Å². The SMILES string of the molecule is CCc1ccc(CC(NC)C2C3C4CCC(C4)C32)nc1. The summed E-state index contributed by atoms with van der Waals surface area (Å²) in [7, 11) is 2.14. The lowest BCUT2D eigenvalue weighted by Crippen LogP contribution is -2.32. The molecule has 2 bridgehead atoms. The first-order valence-corrected chi connectivity index (χ1v) is 8.43. The fraction of sp³-hybridized carbons (Fsp3) is 0.722. The highest BCUT2D eigenvalue weighted by atomic mass is 14.9. The second-order valence-corrected chi connectivity index (χ2v) is 7.18. The fourth-order valence-corrected chi connectivity index (χ4v) is 5.37. The summed E-state index contributed by atoms with van der Waals surface area (Å²) in [4.78, 5) is 4.66. The van der Waals surface area contributed by atoms with E-state index in [-0.39, 0.29) is 0 Å². The van der Waals surface area contributed by atoms with Crippen LogP contribution in [0.1, 0.15) is 37.4 Å². The highest BCUT2D eigenvalue weighted by Gasteiger charge is 2.66. The van der Waals surface area contributed by atoms with Gasteiger partial charge in [0.15, 0.2) is 0 Å². The molecule has 3 aliphatic carbocycles. The smallest absolute Gasteiger partial charge is 0.0419 e. The Balaban J connectivity index is 1.44. The van der Waals surface area contributed by atoms with E-state index in [4.69, 9.17) is 0 Å². The van der Waals surface area contributed by atoms with Crippen LogP contribution in [0.5, 0.6) is 0 Å². The number of hydrogen-bond acceptors (Lipinski definition) is 2. The molecular weight excluding hydrogens is 244 g/mol. The summed E-state index contributed by atoms with van der Waals surface area (Å²) in [6.07, 6.45) is 8.83.